The smallest absolute Gasteiger partial charge is 0.221 e. The van der Waals surface area contributed by atoms with Gasteiger partial charge in [-0.05, 0) is 24.8 Å². The van der Waals surface area contributed by atoms with E-state index in [9.17, 15) is 4.79 Å². The predicted molar refractivity (Wildman–Crippen MR) is 57.8 cm³/mol. The Morgan fingerprint density at radius 2 is 2.07 bits per heavy atom. The molecule has 3 N–H and O–H groups in total. The average Bonchev–Trinajstić information content (AvgIpc) is 2.27. The zero-order valence-corrected chi connectivity index (χ0v) is 9.09. The number of rotatable bonds is 4. The number of nitriles is 1. The van der Waals surface area contributed by atoms with Gasteiger partial charge in [0, 0.05) is 6.42 Å². The van der Waals surface area contributed by atoms with Gasteiger partial charge >= 0.3 is 0 Å². The summed E-state index contributed by atoms with van der Waals surface area (Å²) in [4.78, 5) is 11.5. The molecule has 0 heterocycles. The summed E-state index contributed by atoms with van der Waals surface area (Å²) in [7, 11) is 0. The van der Waals surface area contributed by atoms with E-state index >= 15 is 0 Å². The van der Waals surface area contributed by atoms with Crippen molar-refractivity contribution in [3.8, 4) is 6.07 Å². The monoisotopic (exact) mass is 209 g/mol. The van der Waals surface area contributed by atoms with Crippen molar-refractivity contribution in [2.24, 2.45) is 11.1 Å². The number of amides is 1. The molecule has 0 unspecified atom stereocenters. The third-order valence-electron chi connectivity index (χ3n) is 3.25. The van der Waals surface area contributed by atoms with Crippen molar-refractivity contribution >= 4 is 5.91 Å². The number of nitrogens with one attached hydrogen (secondary N) is 1. The van der Waals surface area contributed by atoms with Crippen molar-refractivity contribution in [1.82, 2.24) is 5.32 Å². The molecule has 15 heavy (non-hydrogen) atoms. The van der Waals surface area contributed by atoms with Gasteiger partial charge in [0.25, 0.3) is 0 Å². The summed E-state index contributed by atoms with van der Waals surface area (Å²) in [5.41, 5.74) is 5.77. The summed E-state index contributed by atoms with van der Waals surface area (Å²) in [6.45, 7) is 0.673. The number of carbonyl (C=O) groups excluding carboxylic acids is 1. The fourth-order valence-corrected chi connectivity index (χ4v) is 2.30. The average molecular weight is 209 g/mol. The second-order valence-corrected chi connectivity index (χ2v) is 4.38. The molecule has 1 rings (SSSR count). The van der Waals surface area contributed by atoms with Gasteiger partial charge in [-0.2, -0.15) is 5.26 Å². The Morgan fingerprint density at radius 3 is 2.60 bits per heavy atom. The van der Waals surface area contributed by atoms with Gasteiger partial charge in [0.05, 0.1) is 6.07 Å². The second kappa shape index (κ2) is 5.72. The predicted octanol–water partition coefficient (Wildman–Crippen LogP) is 0.925. The highest BCUT2D eigenvalue weighted by Crippen LogP contribution is 2.38. The molecule has 0 aromatic rings. The van der Waals surface area contributed by atoms with E-state index in [1.807, 2.05) is 6.07 Å². The molecule has 1 fully saturated rings. The standard InChI is InChI=1S/C11H19N3O/c12-6-7-14-10(15)8-11(9-13)4-2-1-3-5-11/h1-5,7-9,13H2,(H,14,15). The van der Waals surface area contributed by atoms with E-state index in [0.717, 1.165) is 12.8 Å². The molecule has 0 aromatic heterocycles. The van der Waals surface area contributed by atoms with E-state index < -0.39 is 0 Å². The van der Waals surface area contributed by atoms with E-state index in [1.165, 1.54) is 19.3 Å². The van der Waals surface area contributed by atoms with Crippen LogP contribution in [-0.2, 0) is 4.79 Å². The van der Waals surface area contributed by atoms with Crippen LogP contribution in [0.5, 0.6) is 0 Å². The van der Waals surface area contributed by atoms with Crippen LogP contribution in [0.4, 0.5) is 0 Å². The lowest BCUT2D eigenvalue weighted by Crippen LogP contribution is -2.38. The first-order chi connectivity index (χ1) is 7.22. The summed E-state index contributed by atoms with van der Waals surface area (Å²) < 4.78 is 0. The lowest BCUT2D eigenvalue weighted by molar-refractivity contribution is -0.123. The first kappa shape index (κ1) is 12.0. The van der Waals surface area contributed by atoms with Crippen LogP contribution in [0.15, 0.2) is 0 Å². The molecular weight excluding hydrogens is 190 g/mol. The molecule has 0 aliphatic heterocycles. The third-order valence-corrected chi connectivity index (χ3v) is 3.25. The molecule has 0 aromatic carbocycles. The van der Waals surface area contributed by atoms with Gasteiger partial charge in [0.1, 0.15) is 6.54 Å². The van der Waals surface area contributed by atoms with Crippen LogP contribution in [0, 0.1) is 16.7 Å². The number of carbonyl (C=O) groups is 1. The maximum absolute atomic E-state index is 11.5. The summed E-state index contributed by atoms with van der Waals surface area (Å²) >= 11 is 0. The Labute approximate surface area is 90.8 Å². The van der Waals surface area contributed by atoms with Gasteiger partial charge in [-0.15, -0.1) is 0 Å². The van der Waals surface area contributed by atoms with Crippen LogP contribution in [0.2, 0.25) is 0 Å². The van der Waals surface area contributed by atoms with Crippen molar-refractivity contribution < 1.29 is 4.79 Å². The van der Waals surface area contributed by atoms with Crippen molar-refractivity contribution in [2.45, 2.75) is 38.5 Å². The normalized spacial score (nSPS) is 19.2. The molecule has 0 radical (unpaired) electrons. The fraction of sp³-hybridized carbons (Fsp3) is 0.818. The first-order valence-corrected chi connectivity index (χ1v) is 5.56. The van der Waals surface area contributed by atoms with E-state index in [2.05, 4.69) is 5.32 Å². The molecule has 0 bridgehead atoms. The Hall–Kier alpha value is -1.08. The van der Waals surface area contributed by atoms with Crippen molar-refractivity contribution in [3.05, 3.63) is 0 Å². The molecule has 4 heteroatoms. The van der Waals surface area contributed by atoms with Gasteiger partial charge in [-0.3, -0.25) is 4.79 Å². The van der Waals surface area contributed by atoms with Gasteiger partial charge in [-0.1, -0.05) is 19.3 Å². The van der Waals surface area contributed by atoms with Gasteiger partial charge in [0.2, 0.25) is 5.91 Å². The zero-order chi connectivity index (χ0) is 11.1. The molecule has 4 nitrogen and oxygen atoms in total. The van der Waals surface area contributed by atoms with Crippen LogP contribution in [0.25, 0.3) is 0 Å². The van der Waals surface area contributed by atoms with Gasteiger partial charge in [0.15, 0.2) is 0 Å². The van der Waals surface area contributed by atoms with Crippen LogP contribution >= 0.6 is 0 Å². The van der Waals surface area contributed by atoms with Gasteiger partial charge in [-0.25, -0.2) is 0 Å². The Morgan fingerprint density at radius 1 is 1.40 bits per heavy atom. The second-order valence-electron chi connectivity index (χ2n) is 4.38. The first-order valence-electron chi connectivity index (χ1n) is 5.56. The van der Waals surface area contributed by atoms with E-state index in [1.54, 1.807) is 0 Å². The molecule has 84 valence electrons. The van der Waals surface area contributed by atoms with E-state index in [0.29, 0.717) is 13.0 Å². The Bertz CT molecular complexity index is 251. The summed E-state index contributed by atoms with van der Waals surface area (Å²) in [6.07, 6.45) is 6.16. The van der Waals surface area contributed by atoms with Crippen LogP contribution in [-0.4, -0.2) is 19.0 Å². The highest BCUT2D eigenvalue weighted by Gasteiger charge is 2.32. The maximum Gasteiger partial charge on any atom is 0.221 e. The van der Waals surface area contributed by atoms with Crippen molar-refractivity contribution in [3.63, 3.8) is 0 Å². The Kier molecular flexibility index (Phi) is 4.57. The summed E-state index contributed by atoms with van der Waals surface area (Å²) in [5, 5.41) is 10.9. The van der Waals surface area contributed by atoms with Gasteiger partial charge < -0.3 is 11.1 Å². The van der Waals surface area contributed by atoms with Crippen LogP contribution in [0.3, 0.4) is 0 Å². The van der Waals surface area contributed by atoms with Crippen molar-refractivity contribution in [1.29, 1.82) is 5.26 Å². The minimum Gasteiger partial charge on any atom is -0.343 e. The molecule has 1 amide bonds. The minimum atomic E-state index is -0.0381. The molecular formula is C11H19N3O. The van der Waals surface area contributed by atoms with E-state index in [4.69, 9.17) is 11.0 Å². The summed E-state index contributed by atoms with van der Waals surface area (Å²) in [6, 6.07) is 1.90. The molecule has 1 aliphatic rings. The maximum atomic E-state index is 11.5. The quantitative estimate of drug-likeness (QED) is 0.676. The molecule has 1 saturated carbocycles. The van der Waals surface area contributed by atoms with Crippen LogP contribution < -0.4 is 11.1 Å². The highest BCUT2D eigenvalue weighted by atomic mass is 16.1. The number of nitrogens with zero attached hydrogens (tertiary/aromatic N) is 1. The number of hydrogen-bond donors (Lipinski definition) is 2. The number of nitrogens with two attached hydrogens (primary N) is 1. The van der Waals surface area contributed by atoms with E-state index in [-0.39, 0.29) is 17.9 Å². The van der Waals surface area contributed by atoms with Crippen LogP contribution in [0.1, 0.15) is 38.5 Å². The topological polar surface area (TPSA) is 78.9 Å². The molecule has 0 saturated heterocycles. The molecule has 0 atom stereocenters. The lowest BCUT2D eigenvalue weighted by Gasteiger charge is -2.35. The third kappa shape index (κ3) is 3.52. The zero-order valence-electron chi connectivity index (χ0n) is 9.09. The molecule has 0 spiro atoms. The minimum absolute atomic E-state index is 0.00219. The SMILES string of the molecule is N#CCNC(=O)CC1(CN)CCCCC1. The molecule has 1 aliphatic carbocycles. The Balaban J connectivity index is 2.44. The lowest BCUT2D eigenvalue weighted by atomic mass is 9.72. The summed E-state index contributed by atoms with van der Waals surface area (Å²) in [5.74, 6) is -0.0381. The number of hydrogen-bond acceptors (Lipinski definition) is 3. The van der Waals surface area contributed by atoms with Crippen molar-refractivity contribution in [2.75, 3.05) is 13.1 Å². The fourth-order valence-electron chi connectivity index (χ4n) is 2.30. The largest absolute Gasteiger partial charge is 0.343 e. The highest BCUT2D eigenvalue weighted by molar-refractivity contribution is 5.76.